The Morgan fingerprint density at radius 3 is 2.91 bits per heavy atom. The summed E-state index contributed by atoms with van der Waals surface area (Å²) in [6.07, 6.45) is 10.5. The lowest BCUT2D eigenvalue weighted by molar-refractivity contribution is 0.0711. The van der Waals surface area contributed by atoms with Crippen molar-refractivity contribution in [3.63, 3.8) is 0 Å². The van der Waals surface area contributed by atoms with Gasteiger partial charge in [-0.2, -0.15) is 0 Å². The Balaban J connectivity index is 1.04. The second-order valence-electron chi connectivity index (χ2n) is 10.6. The maximum atomic E-state index is 13.5. The lowest BCUT2D eigenvalue weighted by Gasteiger charge is -2.33. The third kappa shape index (κ3) is 4.42. The van der Waals surface area contributed by atoms with Crippen molar-refractivity contribution < 1.29 is 13.7 Å². The minimum atomic E-state index is -0.295. The fraction of sp³-hybridized carbons (Fsp3) is 0.500. The van der Waals surface area contributed by atoms with Crippen LogP contribution in [0.5, 0.6) is 0 Å². The van der Waals surface area contributed by atoms with Gasteiger partial charge in [-0.25, -0.2) is 4.39 Å². The summed E-state index contributed by atoms with van der Waals surface area (Å²) in [7, 11) is 0. The molecule has 1 aromatic carbocycles. The number of piperidine rings is 1. The van der Waals surface area contributed by atoms with Crippen LogP contribution in [0.3, 0.4) is 0 Å². The number of benzene rings is 1. The summed E-state index contributed by atoms with van der Waals surface area (Å²) in [5, 5.41) is 5.20. The summed E-state index contributed by atoms with van der Waals surface area (Å²) in [4.78, 5) is 21.3. The molecule has 184 valence electrons. The number of allylic oxidation sites excluding steroid dienone is 1. The van der Waals surface area contributed by atoms with Gasteiger partial charge in [0, 0.05) is 42.2 Å². The van der Waals surface area contributed by atoms with Crippen molar-refractivity contribution in [1.29, 1.82) is 0 Å². The maximum Gasteiger partial charge on any atom is 0.270 e. The van der Waals surface area contributed by atoms with Crippen LogP contribution in [-0.2, 0) is 6.42 Å². The topological polar surface area (TPSA) is 65.4 Å². The number of fused-ring (bicyclic) bond motifs is 2. The Hall–Kier alpha value is -2.93. The number of hydrogen-bond donors (Lipinski definition) is 1. The number of nitrogens with zero attached hydrogens (tertiary/aromatic N) is 3. The largest absolute Gasteiger partial charge is 0.356 e. The molecule has 1 amide bonds. The van der Waals surface area contributed by atoms with Gasteiger partial charge in [-0.3, -0.25) is 4.79 Å². The van der Waals surface area contributed by atoms with Crippen LogP contribution in [-0.4, -0.2) is 58.1 Å². The molecule has 7 heteroatoms. The fourth-order valence-corrected chi connectivity index (χ4v) is 6.15. The number of rotatable bonds is 5. The quantitative estimate of drug-likeness (QED) is 0.537. The highest BCUT2D eigenvalue weighted by atomic mass is 19.1. The van der Waals surface area contributed by atoms with Crippen LogP contribution in [0.1, 0.15) is 72.4 Å². The molecule has 2 unspecified atom stereocenters. The van der Waals surface area contributed by atoms with Crippen LogP contribution in [0.15, 0.2) is 34.9 Å². The Morgan fingerprint density at radius 1 is 1.20 bits per heavy atom. The zero-order chi connectivity index (χ0) is 23.9. The number of nitrogens with one attached hydrogen (secondary N) is 1. The first-order chi connectivity index (χ1) is 17.0. The zero-order valence-electron chi connectivity index (χ0n) is 20.3. The first-order valence-corrected chi connectivity index (χ1v) is 13.0. The number of halogens is 1. The van der Waals surface area contributed by atoms with Gasteiger partial charge < -0.3 is 19.3 Å². The van der Waals surface area contributed by atoms with Crippen molar-refractivity contribution in [3.05, 3.63) is 58.8 Å². The lowest BCUT2D eigenvalue weighted by Crippen LogP contribution is -2.40. The monoisotopic (exact) mass is 476 g/mol. The molecular formula is C28H33FN4O2. The van der Waals surface area contributed by atoms with Gasteiger partial charge in [-0.1, -0.05) is 24.2 Å². The van der Waals surface area contributed by atoms with Gasteiger partial charge in [-0.05, 0) is 81.3 Å². The molecule has 0 bridgehead atoms. The number of aromatic amines is 1. The molecule has 6 nitrogen and oxygen atoms in total. The molecule has 0 radical (unpaired) electrons. The zero-order valence-corrected chi connectivity index (χ0v) is 20.3. The summed E-state index contributed by atoms with van der Waals surface area (Å²) < 4.78 is 18.9. The number of carbonyl (C=O) groups is 1. The average molecular weight is 477 g/mol. The lowest BCUT2D eigenvalue weighted by atomic mass is 9.91. The Labute approximate surface area is 205 Å². The summed E-state index contributed by atoms with van der Waals surface area (Å²) in [6.45, 7) is 6.08. The van der Waals surface area contributed by atoms with Gasteiger partial charge in [0.2, 0.25) is 0 Å². The molecule has 3 aliphatic rings. The van der Waals surface area contributed by atoms with Gasteiger partial charge in [0.1, 0.15) is 11.5 Å². The van der Waals surface area contributed by atoms with E-state index < -0.39 is 0 Å². The van der Waals surface area contributed by atoms with Crippen molar-refractivity contribution in [3.8, 4) is 0 Å². The standard InChI is InChI=1S/C28H33FN4O2/c1-18-4-5-20-16-25(30-24(20)15-18)28(34)33-11-2-3-22(33)10-14-32-12-8-19(9-13-32)27-23-7-6-21(29)17-26(23)35-31-27/h4-7,16-19,22,30H,2-3,8-15H2,1H3. The van der Waals surface area contributed by atoms with E-state index in [1.807, 2.05) is 6.07 Å². The van der Waals surface area contributed by atoms with E-state index in [2.05, 4.69) is 39.0 Å². The van der Waals surface area contributed by atoms with E-state index in [1.165, 1.54) is 17.8 Å². The molecule has 2 saturated heterocycles. The second kappa shape index (κ2) is 9.26. The van der Waals surface area contributed by atoms with Crippen molar-refractivity contribution in [1.82, 2.24) is 19.9 Å². The van der Waals surface area contributed by atoms with Gasteiger partial charge in [0.25, 0.3) is 5.91 Å². The van der Waals surface area contributed by atoms with Crippen LogP contribution in [0, 0.1) is 11.7 Å². The number of hydrogen-bond acceptors (Lipinski definition) is 4. The Morgan fingerprint density at radius 2 is 2.06 bits per heavy atom. The van der Waals surface area contributed by atoms with E-state index >= 15 is 0 Å². The number of aromatic nitrogens is 2. The smallest absolute Gasteiger partial charge is 0.270 e. The molecule has 2 aromatic heterocycles. The SMILES string of the molecule is CC1C=Cc2cc(C(=O)N3CCCC3CCN3CCC(c4noc5cc(F)ccc45)CC3)[nH]c2C1. The minimum Gasteiger partial charge on any atom is -0.356 e. The van der Waals surface area contributed by atoms with Crippen LogP contribution >= 0.6 is 0 Å². The normalized spacial score (nSPS) is 23.3. The van der Waals surface area contributed by atoms with E-state index in [0.29, 0.717) is 23.5 Å². The predicted octanol–water partition coefficient (Wildman–Crippen LogP) is 5.37. The number of carbonyl (C=O) groups excluding carboxylic acids is 1. The molecule has 0 spiro atoms. The van der Waals surface area contributed by atoms with E-state index in [-0.39, 0.29) is 11.7 Å². The Kier molecular flexibility index (Phi) is 5.96. The molecule has 35 heavy (non-hydrogen) atoms. The molecule has 3 aromatic rings. The van der Waals surface area contributed by atoms with Crippen molar-refractivity contribution in [2.24, 2.45) is 5.92 Å². The van der Waals surface area contributed by atoms with Gasteiger partial charge in [0.15, 0.2) is 5.58 Å². The van der Waals surface area contributed by atoms with Gasteiger partial charge in [0.05, 0.1) is 5.69 Å². The van der Waals surface area contributed by atoms with E-state index in [9.17, 15) is 9.18 Å². The molecular weight excluding hydrogens is 443 g/mol. The summed E-state index contributed by atoms with van der Waals surface area (Å²) in [5.41, 5.74) is 4.58. The van der Waals surface area contributed by atoms with Crippen molar-refractivity contribution in [2.75, 3.05) is 26.2 Å². The highest BCUT2D eigenvalue weighted by Gasteiger charge is 2.32. The van der Waals surface area contributed by atoms with E-state index in [1.54, 1.807) is 6.07 Å². The molecule has 2 fully saturated rings. The summed E-state index contributed by atoms with van der Waals surface area (Å²) >= 11 is 0. The maximum absolute atomic E-state index is 13.5. The number of amides is 1. The molecule has 2 aliphatic heterocycles. The Bertz CT molecular complexity index is 1250. The van der Waals surface area contributed by atoms with Crippen LogP contribution < -0.4 is 0 Å². The minimum absolute atomic E-state index is 0.149. The predicted molar refractivity (Wildman–Crippen MR) is 134 cm³/mol. The first kappa shape index (κ1) is 22.5. The number of H-pyrrole nitrogens is 1. The third-order valence-corrected chi connectivity index (χ3v) is 8.15. The first-order valence-electron chi connectivity index (χ1n) is 13.0. The van der Waals surface area contributed by atoms with E-state index in [0.717, 1.165) is 87.0 Å². The average Bonchev–Trinajstić information content (AvgIpc) is 3.60. The highest BCUT2D eigenvalue weighted by molar-refractivity contribution is 5.94. The van der Waals surface area contributed by atoms with Gasteiger partial charge >= 0.3 is 0 Å². The van der Waals surface area contributed by atoms with Crippen LogP contribution in [0.4, 0.5) is 4.39 Å². The third-order valence-electron chi connectivity index (χ3n) is 8.15. The molecule has 0 saturated carbocycles. The van der Waals surface area contributed by atoms with Crippen LogP contribution in [0.25, 0.3) is 17.0 Å². The summed E-state index contributed by atoms with van der Waals surface area (Å²) in [6, 6.07) is 7.01. The van der Waals surface area contributed by atoms with Crippen LogP contribution in [0.2, 0.25) is 0 Å². The molecule has 6 rings (SSSR count). The van der Waals surface area contributed by atoms with Gasteiger partial charge in [-0.15, -0.1) is 0 Å². The molecule has 2 atom stereocenters. The molecule has 1 N–H and O–H groups in total. The highest BCUT2D eigenvalue weighted by Crippen LogP contribution is 2.33. The molecule has 4 heterocycles. The van der Waals surface area contributed by atoms with Crippen molar-refractivity contribution in [2.45, 2.75) is 57.4 Å². The van der Waals surface area contributed by atoms with E-state index in [4.69, 9.17) is 4.52 Å². The summed E-state index contributed by atoms with van der Waals surface area (Å²) in [5.74, 6) is 0.713. The molecule has 1 aliphatic carbocycles. The van der Waals surface area contributed by atoms with Crippen molar-refractivity contribution >= 4 is 23.0 Å². The second-order valence-corrected chi connectivity index (χ2v) is 10.6. The number of likely N-dealkylation sites (tertiary alicyclic amines) is 2. The fourth-order valence-electron chi connectivity index (χ4n) is 6.15.